The SMILES string of the molecule is Cc1ccc(CS(=O)(=O)N2CCC(C(=O)N[C@H](C)c3ccc(S(C)(=O)=O)cc3)CC2)cc1. The zero-order valence-electron chi connectivity index (χ0n) is 18.6. The Balaban J connectivity index is 1.54. The zero-order chi connectivity index (χ0) is 23.5. The van der Waals surface area contributed by atoms with E-state index in [-0.39, 0.29) is 28.5 Å². The molecule has 1 atom stereocenters. The molecule has 174 valence electrons. The van der Waals surface area contributed by atoms with E-state index in [1.54, 1.807) is 12.1 Å². The van der Waals surface area contributed by atoms with Crippen molar-refractivity contribution in [3.63, 3.8) is 0 Å². The molecule has 0 spiro atoms. The van der Waals surface area contributed by atoms with Crippen LogP contribution in [0.3, 0.4) is 0 Å². The third-order valence-electron chi connectivity index (χ3n) is 5.85. The first-order chi connectivity index (χ1) is 15.0. The van der Waals surface area contributed by atoms with Gasteiger partial charge in [-0.25, -0.2) is 21.1 Å². The molecule has 0 aromatic heterocycles. The molecule has 7 nitrogen and oxygen atoms in total. The number of carbonyl (C=O) groups is 1. The van der Waals surface area contributed by atoms with Gasteiger partial charge >= 0.3 is 0 Å². The van der Waals surface area contributed by atoms with E-state index in [4.69, 9.17) is 0 Å². The summed E-state index contributed by atoms with van der Waals surface area (Å²) in [7, 11) is -6.69. The van der Waals surface area contributed by atoms with Crippen LogP contribution in [-0.2, 0) is 30.4 Å². The maximum atomic E-state index is 12.8. The third kappa shape index (κ3) is 6.17. The topological polar surface area (TPSA) is 101 Å². The molecule has 32 heavy (non-hydrogen) atoms. The number of nitrogens with zero attached hydrogens (tertiary/aromatic N) is 1. The van der Waals surface area contributed by atoms with Gasteiger partial charge in [-0.3, -0.25) is 4.79 Å². The van der Waals surface area contributed by atoms with Gasteiger partial charge < -0.3 is 5.32 Å². The maximum absolute atomic E-state index is 12.8. The number of carbonyl (C=O) groups excluding carboxylic acids is 1. The number of hydrogen-bond acceptors (Lipinski definition) is 5. The van der Waals surface area contributed by atoms with Crippen molar-refractivity contribution in [1.82, 2.24) is 9.62 Å². The Bertz CT molecular complexity index is 1150. The number of aryl methyl sites for hydroxylation is 1. The van der Waals surface area contributed by atoms with Crippen LogP contribution in [0.15, 0.2) is 53.4 Å². The van der Waals surface area contributed by atoms with E-state index in [0.717, 1.165) is 22.9 Å². The Morgan fingerprint density at radius 3 is 2.09 bits per heavy atom. The standard InChI is InChI=1S/C23H30N2O5S2/c1-17-4-6-19(7-5-17)16-32(29,30)25-14-12-21(13-15-25)23(26)24-18(2)20-8-10-22(11-9-20)31(3,27)28/h4-11,18,21H,12-16H2,1-3H3,(H,24,26)/t18-/m1/s1. The average Bonchev–Trinajstić information content (AvgIpc) is 2.75. The van der Waals surface area contributed by atoms with E-state index in [9.17, 15) is 21.6 Å². The monoisotopic (exact) mass is 478 g/mol. The fourth-order valence-electron chi connectivity index (χ4n) is 3.80. The molecule has 9 heteroatoms. The highest BCUT2D eigenvalue weighted by Crippen LogP contribution is 2.23. The molecule has 2 aromatic carbocycles. The average molecular weight is 479 g/mol. The summed E-state index contributed by atoms with van der Waals surface area (Å²) in [5, 5.41) is 2.97. The molecule has 1 heterocycles. The van der Waals surface area contributed by atoms with E-state index in [0.29, 0.717) is 25.9 Å². The lowest BCUT2D eigenvalue weighted by Crippen LogP contribution is -2.43. The van der Waals surface area contributed by atoms with Gasteiger partial charge in [0.1, 0.15) is 0 Å². The van der Waals surface area contributed by atoms with E-state index >= 15 is 0 Å². The molecule has 2 aromatic rings. The van der Waals surface area contributed by atoms with Gasteiger partial charge in [0, 0.05) is 25.3 Å². The molecular formula is C23H30N2O5S2. The number of piperidine rings is 1. The van der Waals surface area contributed by atoms with Crippen molar-refractivity contribution in [3.05, 3.63) is 65.2 Å². The van der Waals surface area contributed by atoms with Crippen LogP contribution in [0.4, 0.5) is 0 Å². The van der Waals surface area contributed by atoms with Gasteiger partial charge in [0.05, 0.1) is 16.7 Å². The normalized spacial score (nSPS) is 17.1. The van der Waals surface area contributed by atoms with Crippen molar-refractivity contribution >= 4 is 25.8 Å². The molecule has 0 saturated carbocycles. The van der Waals surface area contributed by atoms with Crippen molar-refractivity contribution in [2.75, 3.05) is 19.3 Å². The third-order valence-corrected chi connectivity index (χ3v) is 8.83. The summed E-state index contributed by atoms with van der Waals surface area (Å²) >= 11 is 0. The molecular weight excluding hydrogens is 448 g/mol. The highest BCUT2D eigenvalue weighted by Gasteiger charge is 2.31. The molecule has 0 radical (unpaired) electrons. The lowest BCUT2D eigenvalue weighted by atomic mass is 9.96. The number of sulfone groups is 1. The van der Waals surface area contributed by atoms with Crippen LogP contribution in [0.1, 0.15) is 42.5 Å². The number of nitrogens with one attached hydrogen (secondary N) is 1. The van der Waals surface area contributed by atoms with Crippen LogP contribution in [-0.4, -0.2) is 46.4 Å². The van der Waals surface area contributed by atoms with E-state index in [1.807, 2.05) is 38.1 Å². The van der Waals surface area contributed by atoms with Gasteiger partial charge in [0.15, 0.2) is 9.84 Å². The Morgan fingerprint density at radius 1 is 1.00 bits per heavy atom. The Morgan fingerprint density at radius 2 is 1.56 bits per heavy atom. The van der Waals surface area contributed by atoms with Crippen molar-refractivity contribution < 1.29 is 21.6 Å². The highest BCUT2D eigenvalue weighted by molar-refractivity contribution is 7.90. The van der Waals surface area contributed by atoms with Crippen molar-refractivity contribution in [2.24, 2.45) is 5.92 Å². The van der Waals surface area contributed by atoms with Crippen LogP contribution in [0.25, 0.3) is 0 Å². The molecule has 0 aliphatic carbocycles. The molecule has 0 unspecified atom stereocenters. The zero-order valence-corrected chi connectivity index (χ0v) is 20.2. The Labute approximate surface area is 190 Å². The van der Waals surface area contributed by atoms with Gasteiger partial charge in [-0.2, -0.15) is 0 Å². The highest BCUT2D eigenvalue weighted by atomic mass is 32.2. The second-order valence-electron chi connectivity index (χ2n) is 8.49. The van der Waals surface area contributed by atoms with Gasteiger partial charge in [0.25, 0.3) is 0 Å². The minimum absolute atomic E-state index is 0.0371. The largest absolute Gasteiger partial charge is 0.349 e. The summed E-state index contributed by atoms with van der Waals surface area (Å²) in [4.78, 5) is 12.9. The first-order valence-electron chi connectivity index (χ1n) is 10.6. The van der Waals surface area contributed by atoms with Crippen molar-refractivity contribution in [2.45, 2.75) is 43.4 Å². The summed E-state index contributed by atoms with van der Waals surface area (Å²) in [5.41, 5.74) is 2.65. The fraction of sp³-hybridized carbons (Fsp3) is 0.435. The number of sulfonamides is 1. The molecule has 1 saturated heterocycles. The Hall–Kier alpha value is -2.23. The summed E-state index contributed by atoms with van der Waals surface area (Å²) in [5.74, 6) is -0.399. The van der Waals surface area contributed by atoms with Gasteiger partial charge in [-0.15, -0.1) is 0 Å². The predicted molar refractivity (Wildman–Crippen MR) is 124 cm³/mol. The minimum atomic E-state index is -3.43. The van der Waals surface area contributed by atoms with Crippen molar-refractivity contribution in [1.29, 1.82) is 0 Å². The maximum Gasteiger partial charge on any atom is 0.223 e. The molecule has 3 rings (SSSR count). The van der Waals surface area contributed by atoms with Crippen LogP contribution < -0.4 is 5.32 Å². The summed E-state index contributed by atoms with van der Waals surface area (Å²) in [6, 6.07) is 13.6. The minimum Gasteiger partial charge on any atom is -0.349 e. The molecule has 1 amide bonds. The van der Waals surface area contributed by atoms with Crippen LogP contribution in [0.5, 0.6) is 0 Å². The molecule has 1 aliphatic rings. The summed E-state index contributed by atoms with van der Waals surface area (Å²) < 4.78 is 50.2. The van der Waals surface area contributed by atoms with Crippen LogP contribution >= 0.6 is 0 Å². The smallest absolute Gasteiger partial charge is 0.223 e. The molecule has 1 fully saturated rings. The predicted octanol–water partition coefficient (Wildman–Crippen LogP) is 2.82. The van der Waals surface area contributed by atoms with Crippen molar-refractivity contribution in [3.8, 4) is 0 Å². The van der Waals surface area contributed by atoms with E-state index < -0.39 is 19.9 Å². The van der Waals surface area contributed by atoms with Crippen LogP contribution in [0, 0.1) is 12.8 Å². The number of rotatable bonds is 7. The first-order valence-corrected chi connectivity index (χ1v) is 14.1. The number of hydrogen-bond donors (Lipinski definition) is 1. The lowest BCUT2D eigenvalue weighted by molar-refractivity contribution is -0.126. The molecule has 1 aliphatic heterocycles. The second kappa shape index (κ2) is 9.72. The number of amides is 1. The van der Waals surface area contributed by atoms with Gasteiger partial charge in [-0.05, 0) is 49.9 Å². The van der Waals surface area contributed by atoms with Crippen LogP contribution in [0.2, 0.25) is 0 Å². The van der Waals surface area contributed by atoms with Gasteiger partial charge in [-0.1, -0.05) is 42.0 Å². The van der Waals surface area contributed by atoms with E-state index in [2.05, 4.69) is 5.32 Å². The summed E-state index contributed by atoms with van der Waals surface area (Å²) in [6.45, 7) is 4.45. The fourth-order valence-corrected chi connectivity index (χ4v) is 5.99. The second-order valence-corrected chi connectivity index (χ2v) is 12.5. The van der Waals surface area contributed by atoms with E-state index in [1.165, 1.54) is 16.4 Å². The lowest BCUT2D eigenvalue weighted by Gasteiger charge is -2.31. The quantitative estimate of drug-likeness (QED) is 0.660. The summed E-state index contributed by atoms with van der Waals surface area (Å²) in [6.07, 6.45) is 2.10. The molecule has 0 bridgehead atoms. The first kappa shape index (κ1) is 24.4. The Kier molecular flexibility index (Phi) is 7.42. The molecule has 1 N–H and O–H groups in total. The van der Waals surface area contributed by atoms with Gasteiger partial charge in [0.2, 0.25) is 15.9 Å². The number of benzene rings is 2.